The van der Waals surface area contributed by atoms with Crippen LogP contribution >= 0.6 is 0 Å². The first-order valence-electron chi connectivity index (χ1n) is 10.4. The third kappa shape index (κ3) is 5.13. The highest BCUT2D eigenvalue weighted by atomic mass is 32.2. The Morgan fingerprint density at radius 2 is 1.53 bits per heavy atom. The van der Waals surface area contributed by atoms with Crippen molar-refractivity contribution in [1.82, 2.24) is 9.97 Å². The second-order valence-corrected chi connectivity index (χ2v) is 9.54. The van der Waals surface area contributed by atoms with E-state index in [0.717, 1.165) is 11.1 Å². The number of sulfonamides is 1. The highest BCUT2D eigenvalue weighted by Gasteiger charge is 2.28. The van der Waals surface area contributed by atoms with Crippen molar-refractivity contribution in [2.24, 2.45) is 0 Å². The van der Waals surface area contributed by atoms with Gasteiger partial charge in [0.15, 0.2) is 0 Å². The van der Waals surface area contributed by atoms with Gasteiger partial charge in [-0.25, -0.2) is 23.1 Å². The molecule has 0 radical (unpaired) electrons. The van der Waals surface area contributed by atoms with Gasteiger partial charge in [-0.05, 0) is 39.3 Å². The van der Waals surface area contributed by atoms with Gasteiger partial charge < -0.3 is 5.11 Å². The topological polar surface area (TPSA) is 109 Å². The zero-order valence-corrected chi connectivity index (χ0v) is 19.4. The number of aliphatic carboxylic acids is 1. The first-order chi connectivity index (χ1) is 15.1. The molecule has 32 heavy (non-hydrogen) atoms. The van der Waals surface area contributed by atoms with Gasteiger partial charge >= 0.3 is 5.97 Å². The maximum atomic E-state index is 12.9. The normalized spacial score (nSPS) is 12.4. The molecule has 0 saturated carbocycles. The number of hydrogen-bond donors (Lipinski definition) is 2. The molecule has 0 spiro atoms. The fourth-order valence-corrected chi connectivity index (χ4v) is 4.50. The molecule has 0 aliphatic heterocycles. The molecule has 0 fully saturated rings. The van der Waals surface area contributed by atoms with Gasteiger partial charge in [0.1, 0.15) is 0 Å². The number of anilines is 1. The van der Waals surface area contributed by atoms with Crippen LogP contribution in [0.15, 0.2) is 53.4 Å². The Morgan fingerprint density at radius 3 is 2.06 bits per heavy atom. The summed E-state index contributed by atoms with van der Waals surface area (Å²) in [6.07, 6.45) is 1.10. The lowest BCUT2D eigenvalue weighted by atomic mass is 9.89. The molecule has 3 rings (SSSR count). The second-order valence-electron chi connectivity index (χ2n) is 7.86. The van der Waals surface area contributed by atoms with Crippen LogP contribution in [0.1, 0.15) is 48.1 Å². The number of nitrogens with zero attached hydrogens (tertiary/aromatic N) is 2. The fraction of sp³-hybridized carbons (Fsp3) is 0.292. The lowest BCUT2D eigenvalue weighted by molar-refractivity contribution is -0.139. The smallest absolute Gasteiger partial charge is 0.311 e. The number of carbonyl (C=O) groups is 1. The third-order valence-electron chi connectivity index (χ3n) is 5.24. The summed E-state index contributed by atoms with van der Waals surface area (Å²) in [5, 5.41) is 9.86. The van der Waals surface area contributed by atoms with E-state index < -0.39 is 21.9 Å². The van der Waals surface area contributed by atoms with Crippen molar-refractivity contribution in [1.29, 1.82) is 0 Å². The molecule has 0 bridgehead atoms. The van der Waals surface area contributed by atoms with E-state index in [1.54, 1.807) is 19.1 Å². The molecular weight excluding hydrogens is 426 g/mol. The number of rotatable bonds is 8. The molecule has 7 nitrogen and oxygen atoms in total. The van der Waals surface area contributed by atoms with E-state index >= 15 is 0 Å². The van der Waals surface area contributed by atoms with Crippen LogP contribution < -0.4 is 4.72 Å². The fourth-order valence-electron chi connectivity index (χ4n) is 3.55. The van der Waals surface area contributed by atoms with Gasteiger partial charge in [-0.3, -0.25) is 4.79 Å². The molecule has 0 saturated heterocycles. The van der Waals surface area contributed by atoms with Crippen molar-refractivity contribution < 1.29 is 18.3 Å². The number of carboxylic acids is 1. The molecule has 168 valence electrons. The molecule has 0 amide bonds. The first-order valence-corrected chi connectivity index (χ1v) is 11.9. The van der Waals surface area contributed by atoms with Gasteiger partial charge in [0.05, 0.1) is 16.5 Å². The highest BCUT2D eigenvalue weighted by molar-refractivity contribution is 7.92. The summed E-state index contributed by atoms with van der Waals surface area (Å²) in [5.41, 5.74) is 4.04. The average Bonchev–Trinajstić information content (AvgIpc) is 2.72. The SMILES string of the molecule is CCCC(C(=O)O)c1c(C)nc(NS(=O)(=O)c2ccc(C)cc2)nc1-c1ccc(C)cc1. The molecule has 3 aromatic rings. The molecule has 2 N–H and O–H groups in total. The van der Waals surface area contributed by atoms with Gasteiger partial charge in [0.2, 0.25) is 5.95 Å². The van der Waals surface area contributed by atoms with Gasteiger partial charge in [-0.2, -0.15) is 0 Å². The minimum atomic E-state index is -3.90. The Morgan fingerprint density at radius 1 is 0.969 bits per heavy atom. The van der Waals surface area contributed by atoms with E-state index in [0.29, 0.717) is 35.4 Å². The van der Waals surface area contributed by atoms with E-state index in [4.69, 9.17) is 0 Å². The maximum absolute atomic E-state index is 12.9. The van der Waals surface area contributed by atoms with E-state index in [-0.39, 0.29) is 10.8 Å². The standard InChI is InChI=1S/C24H27N3O4S/c1-5-6-20(23(28)29)21-17(4)25-24(26-22(21)18-11-7-15(2)8-12-18)27-32(30,31)19-13-9-16(3)10-14-19/h7-14,20H,5-6H2,1-4H3,(H,28,29)(H,25,26,27). The zero-order valence-electron chi connectivity index (χ0n) is 18.6. The highest BCUT2D eigenvalue weighted by Crippen LogP contribution is 2.34. The van der Waals surface area contributed by atoms with Gasteiger partial charge in [-0.15, -0.1) is 0 Å². The van der Waals surface area contributed by atoms with Crippen LogP contribution in [-0.2, 0) is 14.8 Å². The Labute approximate surface area is 188 Å². The van der Waals surface area contributed by atoms with Gasteiger partial charge in [-0.1, -0.05) is 60.9 Å². The van der Waals surface area contributed by atoms with Crippen molar-refractivity contribution >= 4 is 21.9 Å². The molecule has 2 aromatic carbocycles. The first kappa shape index (κ1) is 23.4. The largest absolute Gasteiger partial charge is 0.481 e. The summed E-state index contributed by atoms with van der Waals surface area (Å²) in [6, 6.07) is 14.0. The summed E-state index contributed by atoms with van der Waals surface area (Å²) in [7, 11) is -3.90. The summed E-state index contributed by atoms with van der Waals surface area (Å²) >= 11 is 0. The molecule has 1 aromatic heterocycles. The predicted molar refractivity (Wildman–Crippen MR) is 124 cm³/mol. The zero-order chi connectivity index (χ0) is 23.5. The minimum Gasteiger partial charge on any atom is -0.481 e. The number of benzene rings is 2. The summed E-state index contributed by atoms with van der Waals surface area (Å²) in [6.45, 7) is 7.43. The molecule has 1 atom stereocenters. The maximum Gasteiger partial charge on any atom is 0.311 e. The quantitative estimate of drug-likeness (QED) is 0.505. The van der Waals surface area contributed by atoms with Crippen molar-refractivity contribution in [3.63, 3.8) is 0 Å². The van der Waals surface area contributed by atoms with Crippen molar-refractivity contribution in [3.8, 4) is 11.3 Å². The summed E-state index contributed by atoms with van der Waals surface area (Å²) in [4.78, 5) is 20.9. The Bertz CT molecular complexity index is 1220. The number of carboxylic acid groups (broad SMARTS) is 1. The molecule has 1 heterocycles. The second kappa shape index (κ2) is 9.48. The van der Waals surface area contributed by atoms with Gasteiger partial charge in [0.25, 0.3) is 10.0 Å². The molecule has 0 aliphatic carbocycles. The monoisotopic (exact) mass is 453 g/mol. The minimum absolute atomic E-state index is 0.0944. The Kier molecular flexibility index (Phi) is 6.93. The molecule has 1 unspecified atom stereocenters. The Hall–Kier alpha value is -3.26. The lowest BCUT2D eigenvalue weighted by Gasteiger charge is -2.19. The number of aromatic nitrogens is 2. The third-order valence-corrected chi connectivity index (χ3v) is 6.59. The van der Waals surface area contributed by atoms with E-state index in [9.17, 15) is 18.3 Å². The Balaban J connectivity index is 2.14. The van der Waals surface area contributed by atoms with Crippen LogP contribution in [0.3, 0.4) is 0 Å². The number of nitrogens with one attached hydrogen (secondary N) is 1. The predicted octanol–water partition coefficient (Wildman–Crippen LogP) is 4.84. The average molecular weight is 454 g/mol. The molecule has 0 aliphatic rings. The number of aryl methyl sites for hydroxylation is 3. The van der Waals surface area contributed by atoms with Crippen LogP contribution in [0.2, 0.25) is 0 Å². The summed E-state index contributed by atoms with van der Waals surface area (Å²) < 4.78 is 28.2. The van der Waals surface area contributed by atoms with Gasteiger partial charge in [0, 0.05) is 16.8 Å². The molecule has 8 heteroatoms. The molecular formula is C24H27N3O4S. The van der Waals surface area contributed by atoms with Crippen LogP contribution in [0.4, 0.5) is 5.95 Å². The van der Waals surface area contributed by atoms with Crippen LogP contribution in [0, 0.1) is 20.8 Å². The van der Waals surface area contributed by atoms with Crippen LogP contribution in [0.5, 0.6) is 0 Å². The lowest BCUT2D eigenvalue weighted by Crippen LogP contribution is -2.19. The van der Waals surface area contributed by atoms with E-state index in [2.05, 4.69) is 14.7 Å². The summed E-state index contributed by atoms with van der Waals surface area (Å²) in [5.74, 6) is -1.85. The number of hydrogen-bond acceptors (Lipinski definition) is 5. The van der Waals surface area contributed by atoms with Crippen molar-refractivity contribution in [2.75, 3.05) is 4.72 Å². The van der Waals surface area contributed by atoms with E-state index in [1.165, 1.54) is 12.1 Å². The van der Waals surface area contributed by atoms with E-state index in [1.807, 2.05) is 45.0 Å². The van der Waals surface area contributed by atoms with Crippen molar-refractivity contribution in [2.45, 2.75) is 51.3 Å². The van der Waals surface area contributed by atoms with Crippen LogP contribution in [0.25, 0.3) is 11.3 Å². The van der Waals surface area contributed by atoms with Crippen molar-refractivity contribution in [3.05, 3.63) is 70.9 Å². The van der Waals surface area contributed by atoms with Crippen LogP contribution in [-0.4, -0.2) is 29.5 Å².